The molecular formula is C20H19NO5. The summed E-state index contributed by atoms with van der Waals surface area (Å²) in [5.74, 6) is 1.15. The number of aryl methyl sites for hydroxylation is 1. The summed E-state index contributed by atoms with van der Waals surface area (Å²) in [5, 5.41) is 3.94. The number of rotatable bonds is 6. The van der Waals surface area contributed by atoms with Crippen LogP contribution in [0.2, 0.25) is 0 Å². The molecule has 6 nitrogen and oxygen atoms in total. The van der Waals surface area contributed by atoms with E-state index in [0.717, 1.165) is 11.1 Å². The van der Waals surface area contributed by atoms with E-state index >= 15 is 0 Å². The van der Waals surface area contributed by atoms with Gasteiger partial charge in [0.2, 0.25) is 0 Å². The average molecular weight is 353 g/mol. The third kappa shape index (κ3) is 3.85. The van der Waals surface area contributed by atoms with Gasteiger partial charge in [-0.1, -0.05) is 35.0 Å². The van der Waals surface area contributed by atoms with E-state index in [1.165, 1.54) is 14.2 Å². The monoisotopic (exact) mass is 353 g/mol. The topological polar surface area (TPSA) is 70.8 Å². The van der Waals surface area contributed by atoms with Crippen LogP contribution in [0, 0.1) is 6.92 Å². The SMILES string of the molecule is COc1ccc(C(=O)OCc2cc(-c3ccc(C)cc3)on2)cc1OC. The summed E-state index contributed by atoms with van der Waals surface area (Å²) >= 11 is 0. The Morgan fingerprint density at radius 3 is 2.42 bits per heavy atom. The number of ether oxygens (including phenoxy) is 3. The number of methoxy groups -OCH3 is 2. The molecule has 134 valence electrons. The van der Waals surface area contributed by atoms with Gasteiger partial charge in [-0.15, -0.1) is 0 Å². The van der Waals surface area contributed by atoms with Gasteiger partial charge in [0.15, 0.2) is 17.3 Å². The number of hydrogen-bond acceptors (Lipinski definition) is 6. The highest BCUT2D eigenvalue weighted by Gasteiger charge is 2.14. The second-order valence-electron chi connectivity index (χ2n) is 5.69. The predicted octanol–water partition coefficient (Wildman–Crippen LogP) is 4.02. The normalized spacial score (nSPS) is 10.4. The van der Waals surface area contributed by atoms with Crippen molar-refractivity contribution in [3.8, 4) is 22.8 Å². The second-order valence-corrected chi connectivity index (χ2v) is 5.69. The van der Waals surface area contributed by atoms with Crippen LogP contribution in [0.25, 0.3) is 11.3 Å². The Hall–Kier alpha value is -3.28. The zero-order valence-corrected chi connectivity index (χ0v) is 14.8. The highest BCUT2D eigenvalue weighted by Crippen LogP contribution is 2.28. The molecule has 3 rings (SSSR count). The maximum atomic E-state index is 12.2. The molecule has 1 aromatic heterocycles. The molecule has 0 unspecified atom stereocenters. The van der Waals surface area contributed by atoms with E-state index in [0.29, 0.717) is 28.5 Å². The fraction of sp³-hybridized carbons (Fsp3) is 0.200. The van der Waals surface area contributed by atoms with Gasteiger partial charge in [0, 0.05) is 11.6 Å². The number of nitrogens with zero attached hydrogens (tertiary/aromatic N) is 1. The van der Waals surface area contributed by atoms with Gasteiger partial charge in [-0.3, -0.25) is 0 Å². The Morgan fingerprint density at radius 2 is 1.73 bits per heavy atom. The van der Waals surface area contributed by atoms with Crippen molar-refractivity contribution in [1.82, 2.24) is 5.16 Å². The Labute approximate surface area is 151 Å². The molecule has 0 amide bonds. The molecule has 26 heavy (non-hydrogen) atoms. The molecule has 3 aromatic rings. The molecule has 1 heterocycles. The van der Waals surface area contributed by atoms with Gasteiger partial charge in [0.1, 0.15) is 12.3 Å². The van der Waals surface area contributed by atoms with Crippen LogP contribution < -0.4 is 9.47 Å². The predicted molar refractivity (Wildman–Crippen MR) is 95.3 cm³/mol. The first-order valence-electron chi connectivity index (χ1n) is 8.02. The molecule has 0 aliphatic heterocycles. The van der Waals surface area contributed by atoms with Crippen molar-refractivity contribution < 1.29 is 23.5 Å². The molecule has 0 N–H and O–H groups in total. The van der Waals surface area contributed by atoms with Crippen LogP contribution >= 0.6 is 0 Å². The zero-order valence-electron chi connectivity index (χ0n) is 14.8. The molecule has 6 heteroatoms. The standard InChI is InChI=1S/C20H19NO5/c1-13-4-6-14(7-5-13)18-11-16(21-26-18)12-25-20(22)15-8-9-17(23-2)19(10-15)24-3/h4-11H,12H2,1-3H3. The smallest absolute Gasteiger partial charge is 0.338 e. The van der Waals surface area contributed by atoms with Crippen LogP contribution in [0.4, 0.5) is 0 Å². The lowest BCUT2D eigenvalue weighted by molar-refractivity contribution is 0.0464. The fourth-order valence-corrected chi connectivity index (χ4v) is 2.42. The first-order chi connectivity index (χ1) is 12.6. The molecule has 0 spiro atoms. The number of benzene rings is 2. The molecule has 0 aliphatic carbocycles. The lowest BCUT2D eigenvalue weighted by Gasteiger charge is -2.09. The quantitative estimate of drug-likeness (QED) is 0.623. The minimum Gasteiger partial charge on any atom is -0.493 e. The van der Waals surface area contributed by atoms with E-state index in [2.05, 4.69) is 5.16 Å². The first kappa shape index (κ1) is 17.5. The van der Waals surface area contributed by atoms with Crippen LogP contribution in [0.1, 0.15) is 21.6 Å². The van der Waals surface area contributed by atoms with Gasteiger partial charge in [-0.05, 0) is 25.1 Å². The number of carbonyl (C=O) groups excluding carboxylic acids is 1. The summed E-state index contributed by atoms with van der Waals surface area (Å²) in [4.78, 5) is 12.2. The molecule has 0 radical (unpaired) electrons. The fourth-order valence-electron chi connectivity index (χ4n) is 2.42. The van der Waals surface area contributed by atoms with Crippen molar-refractivity contribution >= 4 is 5.97 Å². The Bertz CT molecular complexity index is 899. The molecule has 0 aliphatic rings. The van der Waals surface area contributed by atoms with Crippen LogP contribution in [-0.2, 0) is 11.3 Å². The van der Waals surface area contributed by atoms with Crippen LogP contribution in [0.15, 0.2) is 53.1 Å². The van der Waals surface area contributed by atoms with Gasteiger partial charge in [0.05, 0.1) is 19.8 Å². The lowest BCUT2D eigenvalue weighted by atomic mass is 10.1. The average Bonchev–Trinajstić information content (AvgIpc) is 3.15. The number of carbonyl (C=O) groups is 1. The molecule has 0 saturated carbocycles. The molecule has 2 aromatic carbocycles. The maximum absolute atomic E-state index is 12.2. The highest BCUT2D eigenvalue weighted by molar-refractivity contribution is 5.90. The van der Waals surface area contributed by atoms with Crippen molar-refractivity contribution in [3.05, 3.63) is 65.4 Å². The second kappa shape index (κ2) is 7.74. The van der Waals surface area contributed by atoms with E-state index < -0.39 is 5.97 Å². The molecule has 0 fully saturated rings. The minimum atomic E-state index is -0.481. The van der Waals surface area contributed by atoms with Crippen molar-refractivity contribution in [1.29, 1.82) is 0 Å². The van der Waals surface area contributed by atoms with Crippen LogP contribution in [-0.4, -0.2) is 25.3 Å². The van der Waals surface area contributed by atoms with E-state index in [9.17, 15) is 4.79 Å². The summed E-state index contributed by atoms with van der Waals surface area (Å²) in [6.07, 6.45) is 0. The number of hydrogen-bond donors (Lipinski definition) is 0. The summed E-state index contributed by atoms with van der Waals surface area (Å²) in [6.45, 7) is 2.03. The minimum absolute atomic E-state index is 0.0164. The van der Waals surface area contributed by atoms with Gasteiger partial charge in [0.25, 0.3) is 0 Å². The molecular weight excluding hydrogens is 334 g/mol. The van der Waals surface area contributed by atoms with Crippen LogP contribution in [0.5, 0.6) is 11.5 Å². The Morgan fingerprint density at radius 1 is 1.00 bits per heavy atom. The Balaban J connectivity index is 1.66. The third-order valence-corrected chi connectivity index (χ3v) is 3.87. The lowest BCUT2D eigenvalue weighted by Crippen LogP contribution is -2.06. The van der Waals surface area contributed by atoms with Crippen molar-refractivity contribution in [2.24, 2.45) is 0 Å². The molecule has 0 bridgehead atoms. The summed E-state index contributed by atoms with van der Waals surface area (Å²) < 4.78 is 21.0. The largest absolute Gasteiger partial charge is 0.493 e. The molecule has 0 atom stereocenters. The number of aromatic nitrogens is 1. The zero-order chi connectivity index (χ0) is 18.5. The van der Waals surface area contributed by atoms with E-state index in [4.69, 9.17) is 18.7 Å². The van der Waals surface area contributed by atoms with Gasteiger partial charge < -0.3 is 18.7 Å². The first-order valence-corrected chi connectivity index (χ1v) is 8.02. The highest BCUT2D eigenvalue weighted by atomic mass is 16.5. The van der Waals surface area contributed by atoms with Gasteiger partial charge in [-0.2, -0.15) is 0 Å². The molecule has 0 saturated heterocycles. The maximum Gasteiger partial charge on any atom is 0.338 e. The number of esters is 1. The van der Waals surface area contributed by atoms with Crippen molar-refractivity contribution in [3.63, 3.8) is 0 Å². The van der Waals surface area contributed by atoms with Crippen molar-refractivity contribution in [2.75, 3.05) is 14.2 Å². The van der Waals surface area contributed by atoms with Crippen molar-refractivity contribution in [2.45, 2.75) is 13.5 Å². The van der Waals surface area contributed by atoms with E-state index in [1.807, 2.05) is 31.2 Å². The van der Waals surface area contributed by atoms with E-state index in [1.54, 1.807) is 24.3 Å². The third-order valence-electron chi connectivity index (χ3n) is 3.87. The van der Waals surface area contributed by atoms with Gasteiger partial charge in [-0.25, -0.2) is 4.79 Å². The summed E-state index contributed by atoms with van der Waals surface area (Å²) in [6, 6.07) is 14.5. The summed E-state index contributed by atoms with van der Waals surface area (Å²) in [5.41, 5.74) is 2.98. The van der Waals surface area contributed by atoms with Crippen LogP contribution in [0.3, 0.4) is 0 Å². The van der Waals surface area contributed by atoms with Gasteiger partial charge >= 0.3 is 5.97 Å². The summed E-state index contributed by atoms with van der Waals surface area (Å²) in [7, 11) is 3.04. The Kier molecular flexibility index (Phi) is 5.22. The van der Waals surface area contributed by atoms with E-state index in [-0.39, 0.29) is 6.61 Å².